The number of rotatable bonds is 6. The number of anilines is 1. The Morgan fingerprint density at radius 2 is 1.93 bits per heavy atom. The normalized spacial score (nSPS) is 16.1. The van der Waals surface area contributed by atoms with Crippen molar-refractivity contribution in [3.05, 3.63) is 54.0 Å². The van der Waals surface area contributed by atoms with Crippen LogP contribution in [0.5, 0.6) is 0 Å². The van der Waals surface area contributed by atoms with Crippen LogP contribution >= 0.6 is 0 Å². The first kappa shape index (κ1) is 18.5. The molecule has 0 unspecified atom stereocenters. The summed E-state index contributed by atoms with van der Waals surface area (Å²) in [5, 5.41) is 4.78. The van der Waals surface area contributed by atoms with Crippen LogP contribution in [0, 0.1) is 5.82 Å². The predicted octanol–water partition coefficient (Wildman–Crippen LogP) is 3.08. The van der Waals surface area contributed by atoms with Crippen molar-refractivity contribution in [2.24, 2.45) is 0 Å². The van der Waals surface area contributed by atoms with Crippen LogP contribution in [-0.4, -0.2) is 62.0 Å². The molecule has 2 aromatic heterocycles. The number of piperidine rings is 1. The monoisotopic (exact) mass is 427 g/mol. The van der Waals surface area contributed by atoms with E-state index in [-0.39, 0.29) is 5.82 Å². The summed E-state index contributed by atoms with van der Waals surface area (Å²) in [7, 11) is 0. The molecule has 0 atom stereocenters. The summed E-state index contributed by atoms with van der Waals surface area (Å²) in [6.45, 7) is 4.00. The number of aromatic nitrogens is 3. The quantitative estimate of drug-likeness (QED) is 0.615. The van der Waals surface area contributed by atoms with Gasteiger partial charge in [0.05, 0.1) is 0 Å². The topological polar surface area (TPSA) is 46.0 Å². The van der Waals surface area contributed by atoms with Crippen molar-refractivity contribution in [3.63, 3.8) is 0 Å². The Bertz CT molecular complexity index is 887. The molecule has 3 heterocycles. The molecule has 0 saturated carbocycles. The second-order valence-electron chi connectivity index (χ2n) is 6.98. The number of pyridine rings is 1. The van der Waals surface area contributed by atoms with E-state index in [2.05, 4.69) is 36.6 Å². The Kier molecular flexibility index (Phi) is 5.74. The maximum atomic E-state index is 13.2. The average Bonchev–Trinajstić information content (AvgIpc) is 3.02. The number of nitrogens with zero attached hydrogens (tertiary/aromatic N) is 4. The van der Waals surface area contributed by atoms with E-state index in [1.54, 1.807) is 6.20 Å². The summed E-state index contributed by atoms with van der Waals surface area (Å²) in [4.78, 5) is 11.8. The Hall–Kier alpha value is -1.91. The van der Waals surface area contributed by atoms with Crippen LogP contribution in [-0.2, 0) is 6.54 Å². The van der Waals surface area contributed by atoms with Gasteiger partial charge < -0.3 is 0 Å². The molecule has 0 amide bonds. The van der Waals surface area contributed by atoms with Gasteiger partial charge in [-0.1, -0.05) is 0 Å². The van der Waals surface area contributed by atoms with E-state index in [9.17, 15) is 4.39 Å². The third-order valence-electron chi connectivity index (χ3n) is 5.09. The summed E-state index contributed by atoms with van der Waals surface area (Å²) in [6.07, 6.45) is 4.01. The minimum absolute atomic E-state index is 0.219. The van der Waals surface area contributed by atoms with Crippen molar-refractivity contribution in [1.29, 1.82) is 0 Å². The molecule has 4 rings (SSSR count). The van der Waals surface area contributed by atoms with E-state index >= 15 is 0 Å². The van der Waals surface area contributed by atoms with Gasteiger partial charge in [0.25, 0.3) is 0 Å². The Balaban J connectivity index is 1.56. The molecule has 2 radical (unpaired) electrons. The van der Waals surface area contributed by atoms with Crippen LogP contribution < -0.4 is 5.32 Å². The van der Waals surface area contributed by atoms with Gasteiger partial charge >= 0.3 is 145 Å². The van der Waals surface area contributed by atoms with Crippen LogP contribution in [0.3, 0.4) is 0 Å². The molecule has 1 aliphatic rings. The Morgan fingerprint density at radius 1 is 1.15 bits per heavy atom. The zero-order chi connectivity index (χ0) is 18.6. The minimum atomic E-state index is -0.219. The van der Waals surface area contributed by atoms with Crippen LogP contribution in [0.1, 0.15) is 18.4 Å². The third-order valence-corrected chi connectivity index (χ3v) is 5.51. The molecule has 0 spiro atoms. The van der Waals surface area contributed by atoms with Crippen molar-refractivity contribution >= 4 is 34.0 Å². The second-order valence-corrected chi connectivity index (χ2v) is 7.92. The molecule has 1 fully saturated rings. The molecule has 0 aliphatic carbocycles. The van der Waals surface area contributed by atoms with Gasteiger partial charge in [-0.25, -0.2) is 4.39 Å². The first-order valence-electron chi connectivity index (χ1n) is 9.38. The molecule has 5 nitrogen and oxygen atoms in total. The minimum Gasteiger partial charge on any atom is -0.0260 e. The van der Waals surface area contributed by atoms with Crippen LogP contribution in [0.4, 0.5) is 10.3 Å². The van der Waals surface area contributed by atoms with E-state index in [0.717, 1.165) is 60.4 Å². The summed E-state index contributed by atoms with van der Waals surface area (Å²) in [6, 6.07) is 10.9. The SMILES string of the molecule is Fc1ccc(Cn2c(NC3CCN(CC[As])CC3)nc3cccnc32)cc1. The summed E-state index contributed by atoms with van der Waals surface area (Å²) < 4.78 is 15.3. The van der Waals surface area contributed by atoms with E-state index in [4.69, 9.17) is 4.98 Å². The van der Waals surface area contributed by atoms with Gasteiger partial charge in [-0.2, -0.15) is 0 Å². The molecular formula is C20H23AsFN5. The summed E-state index contributed by atoms with van der Waals surface area (Å²) in [5.74, 6) is 0.627. The fraction of sp³-hybridized carbons (Fsp3) is 0.400. The van der Waals surface area contributed by atoms with E-state index in [0.29, 0.717) is 12.6 Å². The zero-order valence-corrected chi connectivity index (χ0v) is 17.1. The van der Waals surface area contributed by atoms with Gasteiger partial charge in [0.1, 0.15) is 5.82 Å². The first-order valence-corrected chi connectivity index (χ1v) is 10.7. The maximum absolute atomic E-state index is 13.2. The van der Waals surface area contributed by atoms with Crippen LogP contribution in [0.15, 0.2) is 42.6 Å². The fourth-order valence-corrected chi connectivity index (χ4v) is 4.21. The smallest absolute Gasteiger partial charge is 0.0260 e. The van der Waals surface area contributed by atoms with Crippen LogP contribution in [0.25, 0.3) is 11.2 Å². The number of nitrogens with one attached hydrogen (secondary N) is 1. The fourth-order valence-electron chi connectivity index (χ4n) is 3.62. The Labute approximate surface area is 167 Å². The predicted molar refractivity (Wildman–Crippen MR) is 107 cm³/mol. The second kappa shape index (κ2) is 8.40. The average molecular weight is 427 g/mol. The van der Waals surface area contributed by atoms with E-state index < -0.39 is 0 Å². The molecular weight excluding hydrogens is 404 g/mol. The Morgan fingerprint density at radius 3 is 2.67 bits per heavy atom. The van der Waals surface area contributed by atoms with Gasteiger partial charge in [0, 0.05) is 0 Å². The van der Waals surface area contributed by atoms with Crippen molar-refractivity contribution < 1.29 is 4.39 Å². The van der Waals surface area contributed by atoms with Gasteiger partial charge in [-0.15, -0.1) is 0 Å². The third kappa shape index (κ3) is 4.33. The van der Waals surface area contributed by atoms with Gasteiger partial charge in [0.15, 0.2) is 0 Å². The van der Waals surface area contributed by atoms with Crippen molar-refractivity contribution in [1.82, 2.24) is 19.4 Å². The number of hydrogen-bond donors (Lipinski definition) is 1. The molecule has 1 aliphatic heterocycles. The van der Waals surface area contributed by atoms with Crippen molar-refractivity contribution in [2.75, 3.05) is 25.0 Å². The number of halogens is 1. The van der Waals surface area contributed by atoms with Gasteiger partial charge in [0.2, 0.25) is 0 Å². The molecule has 1 N–H and O–H groups in total. The number of benzene rings is 1. The molecule has 140 valence electrons. The van der Waals surface area contributed by atoms with Crippen LogP contribution in [0.2, 0.25) is 5.21 Å². The summed E-state index contributed by atoms with van der Waals surface area (Å²) in [5.41, 5.74) is 2.76. The molecule has 1 aromatic carbocycles. The van der Waals surface area contributed by atoms with Gasteiger partial charge in [-0.3, -0.25) is 0 Å². The molecule has 7 heteroatoms. The van der Waals surface area contributed by atoms with Crippen molar-refractivity contribution in [3.8, 4) is 0 Å². The summed E-state index contributed by atoms with van der Waals surface area (Å²) >= 11 is 2.66. The number of fused-ring (bicyclic) bond motifs is 1. The molecule has 27 heavy (non-hydrogen) atoms. The molecule has 1 saturated heterocycles. The van der Waals surface area contributed by atoms with Crippen molar-refractivity contribution in [2.45, 2.75) is 30.6 Å². The zero-order valence-electron chi connectivity index (χ0n) is 15.2. The molecule has 0 bridgehead atoms. The number of imidazole rings is 1. The standard InChI is InChI=1S/C20H23AsFN5/c21-9-13-26-11-7-17(8-12-26)24-20-25-18-2-1-10-23-19(18)27(20)14-15-3-5-16(22)6-4-15/h1-6,10,17H,7-9,11-14H2,(H,24,25). The van der Waals surface area contributed by atoms with E-state index in [1.165, 1.54) is 12.1 Å². The first-order chi connectivity index (χ1) is 13.2. The molecule has 3 aromatic rings. The number of hydrogen-bond acceptors (Lipinski definition) is 4. The van der Waals surface area contributed by atoms with E-state index in [1.807, 2.05) is 24.3 Å². The number of likely N-dealkylation sites (tertiary alicyclic amines) is 1. The van der Waals surface area contributed by atoms with Gasteiger partial charge in [-0.05, 0) is 12.1 Å².